The Kier molecular flexibility index (Phi) is 4.38. The van der Waals surface area contributed by atoms with E-state index in [0.717, 1.165) is 55.4 Å². The van der Waals surface area contributed by atoms with Crippen LogP contribution in [0.4, 0.5) is 5.82 Å². The third-order valence-electron chi connectivity index (χ3n) is 4.31. The third-order valence-corrected chi connectivity index (χ3v) is 4.31. The van der Waals surface area contributed by atoms with Gasteiger partial charge in [-0.05, 0) is 33.6 Å². The van der Waals surface area contributed by atoms with Gasteiger partial charge in [0.1, 0.15) is 17.9 Å². The average Bonchev–Trinajstić information content (AvgIpc) is 2.81. The van der Waals surface area contributed by atoms with Crippen molar-refractivity contribution >= 4 is 5.82 Å². The Morgan fingerprint density at radius 1 is 1.23 bits per heavy atom. The van der Waals surface area contributed by atoms with Gasteiger partial charge in [0.15, 0.2) is 0 Å². The Bertz CT molecular complexity index is 612. The lowest BCUT2D eigenvalue weighted by molar-refractivity contribution is 0.210. The fourth-order valence-corrected chi connectivity index (χ4v) is 2.93. The zero-order chi connectivity index (χ0) is 15.5. The van der Waals surface area contributed by atoms with E-state index in [-0.39, 0.29) is 0 Å². The molecule has 1 aliphatic heterocycles. The average molecular weight is 301 g/mol. The van der Waals surface area contributed by atoms with Gasteiger partial charge in [0.2, 0.25) is 0 Å². The van der Waals surface area contributed by atoms with Crippen LogP contribution >= 0.6 is 0 Å². The molecule has 0 bridgehead atoms. The summed E-state index contributed by atoms with van der Waals surface area (Å²) in [6.45, 7) is 9.07. The largest absolute Gasteiger partial charge is 0.367 e. The molecule has 0 unspecified atom stereocenters. The lowest BCUT2D eigenvalue weighted by Crippen LogP contribution is -2.39. The van der Waals surface area contributed by atoms with Gasteiger partial charge in [-0.25, -0.2) is 9.97 Å². The van der Waals surface area contributed by atoms with Gasteiger partial charge in [0, 0.05) is 43.0 Å². The SMILES string of the molecule is Cc1cc(NC2CCN(Cc3c(C)noc3C)CC2)ncn1. The highest BCUT2D eigenvalue weighted by Gasteiger charge is 2.21. The molecule has 1 N–H and O–H groups in total. The summed E-state index contributed by atoms with van der Waals surface area (Å²) < 4.78 is 5.24. The quantitative estimate of drug-likeness (QED) is 0.935. The molecule has 0 saturated carbocycles. The number of hydrogen-bond donors (Lipinski definition) is 1. The first kappa shape index (κ1) is 15.0. The van der Waals surface area contributed by atoms with E-state index in [1.54, 1.807) is 6.33 Å². The Morgan fingerprint density at radius 3 is 2.64 bits per heavy atom. The van der Waals surface area contributed by atoms with Gasteiger partial charge >= 0.3 is 0 Å². The fraction of sp³-hybridized carbons (Fsp3) is 0.562. The fourth-order valence-electron chi connectivity index (χ4n) is 2.93. The van der Waals surface area contributed by atoms with Crippen LogP contribution in [0.1, 0.15) is 35.6 Å². The van der Waals surface area contributed by atoms with E-state index in [2.05, 4.69) is 25.3 Å². The van der Waals surface area contributed by atoms with Crippen LogP contribution < -0.4 is 5.32 Å². The molecular weight excluding hydrogens is 278 g/mol. The maximum absolute atomic E-state index is 5.24. The van der Waals surface area contributed by atoms with Gasteiger partial charge in [-0.2, -0.15) is 0 Å². The highest BCUT2D eigenvalue weighted by molar-refractivity contribution is 5.35. The molecule has 0 aliphatic carbocycles. The maximum atomic E-state index is 5.24. The van der Waals surface area contributed by atoms with E-state index < -0.39 is 0 Å². The summed E-state index contributed by atoms with van der Waals surface area (Å²) in [5.74, 6) is 1.87. The van der Waals surface area contributed by atoms with Gasteiger partial charge in [0.05, 0.1) is 5.69 Å². The van der Waals surface area contributed by atoms with Crippen molar-refractivity contribution in [2.24, 2.45) is 0 Å². The van der Waals surface area contributed by atoms with Crippen LogP contribution in [0.25, 0.3) is 0 Å². The zero-order valence-corrected chi connectivity index (χ0v) is 13.5. The molecule has 1 aliphatic rings. The summed E-state index contributed by atoms with van der Waals surface area (Å²) in [6, 6.07) is 2.48. The second kappa shape index (κ2) is 6.44. The zero-order valence-electron chi connectivity index (χ0n) is 13.5. The molecule has 2 aromatic heterocycles. The molecule has 0 atom stereocenters. The molecule has 0 aromatic carbocycles. The van der Waals surface area contributed by atoms with Gasteiger partial charge in [-0.3, -0.25) is 4.90 Å². The van der Waals surface area contributed by atoms with Crippen LogP contribution in [-0.2, 0) is 6.54 Å². The normalized spacial score (nSPS) is 16.9. The number of likely N-dealkylation sites (tertiary alicyclic amines) is 1. The van der Waals surface area contributed by atoms with Crippen LogP contribution in [0.2, 0.25) is 0 Å². The lowest BCUT2D eigenvalue weighted by Gasteiger charge is -2.32. The molecule has 118 valence electrons. The number of nitrogens with zero attached hydrogens (tertiary/aromatic N) is 4. The molecule has 6 heteroatoms. The summed E-state index contributed by atoms with van der Waals surface area (Å²) >= 11 is 0. The van der Waals surface area contributed by atoms with Crippen molar-refractivity contribution < 1.29 is 4.52 Å². The second-order valence-corrected chi connectivity index (χ2v) is 6.04. The van der Waals surface area contributed by atoms with Crippen molar-refractivity contribution in [1.29, 1.82) is 0 Å². The predicted octanol–water partition coefficient (Wildman–Crippen LogP) is 2.47. The Morgan fingerprint density at radius 2 is 2.00 bits per heavy atom. The standard InChI is InChI=1S/C16H23N5O/c1-11-8-16(18-10-17-11)19-14-4-6-21(7-5-14)9-15-12(2)20-22-13(15)3/h8,10,14H,4-7,9H2,1-3H3,(H,17,18,19). The Balaban J connectivity index is 1.52. The first-order chi connectivity index (χ1) is 10.6. The molecule has 2 aromatic rings. The summed E-state index contributed by atoms with van der Waals surface area (Å²) in [6.07, 6.45) is 3.85. The van der Waals surface area contributed by atoms with E-state index >= 15 is 0 Å². The first-order valence-corrected chi connectivity index (χ1v) is 7.81. The smallest absolute Gasteiger partial charge is 0.138 e. The minimum atomic E-state index is 0.482. The lowest BCUT2D eigenvalue weighted by atomic mass is 10.0. The van der Waals surface area contributed by atoms with Crippen molar-refractivity contribution in [2.75, 3.05) is 18.4 Å². The molecule has 22 heavy (non-hydrogen) atoms. The molecule has 1 saturated heterocycles. The molecule has 3 heterocycles. The van der Waals surface area contributed by atoms with Crippen LogP contribution in [0, 0.1) is 20.8 Å². The topological polar surface area (TPSA) is 67.1 Å². The number of rotatable bonds is 4. The first-order valence-electron chi connectivity index (χ1n) is 7.81. The summed E-state index contributed by atoms with van der Waals surface area (Å²) in [5.41, 5.74) is 3.24. The Hall–Kier alpha value is -1.95. The monoisotopic (exact) mass is 301 g/mol. The van der Waals surface area contributed by atoms with Crippen molar-refractivity contribution in [1.82, 2.24) is 20.0 Å². The molecule has 0 spiro atoms. The predicted molar refractivity (Wildman–Crippen MR) is 84.7 cm³/mol. The van der Waals surface area contributed by atoms with Gasteiger partial charge in [-0.1, -0.05) is 5.16 Å². The second-order valence-electron chi connectivity index (χ2n) is 6.04. The highest BCUT2D eigenvalue weighted by Crippen LogP contribution is 2.20. The van der Waals surface area contributed by atoms with E-state index in [0.29, 0.717) is 6.04 Å². The van der Waals surface area contributed by atoms with Crippen molar-refractivity contribution in [3.63, 3.8) is 0 Å². The third kappa shape index (κ3) is 3.44. The van der Waals surface area contributed by atoms with Gasteiger partial charge in [0.25, 0.3) is 0 Å². The summed E-state index contributed by atoms with van der Waals surface area (Å²) in [7, 11) is 0. The molecule has 0 amide bonds. The highest BCUT2D eigenvalue weighted by atomic mass is 16.5. The molecule has 6 nitrogen and oxygen atoms in total. The van der Waals surface area contributed by atoms with Crippen molar-refractivity contribution in [2.45, 2.75) is 46.2 Å². The number of nitrogens with one attached hydrogen (secondary N) is 1. The molecule has 1 fully saturated rings. The number of hydrogen-bond acceptors (Lipinski definition) is 6. The van der Waals surface area contributed by atoms with Crippen LogP contribution in [0.5, 0.6) is 0 Å². The van der Waals surface area contributed by atoms with Gasteiger partial charge < -0.3 is 9.84 Å². The van der Waals surface area contributed by atoms with Crippen molar-refractivity contribution in [3.8, 4) is 0 Å². The number of anilines is 1. The van der Waals surface area contributed by atoms with Crippen LogP contribution in [-0.4, -0.2) is 39.2 Å². The Labute approximate surface area is 130 Å². The summed E-state index contributed by atoms with van der Waals surface area (Å²) in [5, 5.41) is 7.55. The van der Waals surface area contributed by atoms with Crippen LogP contribution in [0.3, 0.4) is 0 Å². The molecular formula is C16H23N5O. The van der Waals surface area contributed by atoms with Gasteiger partial charge in [-0.15, -0.1) is 0 Å². The minimum absolute atomic E-state index is 0.482. The van der Waals surface area contributed by atoms with Crippen molar-refractivity contribution in [3.05, 3.63) is 35.1 Å². The molecule has 0 radical (unpaired) electrons. The number of aryl methyl sites for hydroxylation is 3. The van der Waals surface area contributed by atoms with E-state index in [1.807, 2.05) is 26.8 Å². The number of piperidine rings is 1. The summed E-state index contributed by atoms with van der Waals surface area (Å²) in [4.78, 5) is 10.9. The molecule has 3 rings (SSSR count). The maximum Gasteiger partial charge on any atom is 0.138 e. The van der Waals surface area contributed by atoms with E-state index in [4.69, 9.17) is 4.52 Å². The minimum Gasteiger partial charge on any atom is -0.367 e. The van der Waals surface area contributed by atoms with E-state index in [9.17, 15) is 0 Å². The van der Waals surface area contributed by atoms with E-state index in [1.165, 1.54) is 5.56 Å². The number of aromatic nitrogens is 3. The van der Waals surface area contributed by atoms with Crippen LogP contribution in [0.15, 0.2) is 16.9 Å².